The molecule has 0 saturated carbocycles. The molecular formula is C23H24N4O3. The number of aromatic hydroxyl groups is 1. The highest BCUT2D eigenvalue weighted by atomic mass is 16.5. The molecule has 7 nitrogen and oxygen atoms in total. The van der Waals surface area contributed by atoms with Crippen LogP contribution in [0.2, 0.25) is 0 Å². The third-order valence-electron chi connectivity index (χ3n) is 5.97. The fourth-order valence-corrected chi connectivity index (χ4v) is 4.28. The molecule has 2 aromatic heterocycles. The van der Waals surface area contributed by atoms with Gasteiger partial charge >= 0.3 is 0 Å². The Balaban J connectivity index is 1.29. The number of aryl methyl sites for hydroxylation is 2. The van der Waals surface area contributed by atoms with E-state index in [2.05, 4.69) is 16.1 Å². The molecule has 0 bridgehead atoms. The van der Waals surface area contributed by atoms with Crippen molar-refractivity contribution in [3.8, 4) is 5.75 Å². The van der Waals surface area contributed by atoms with Crippen LogP contribution in [-0.4, -0.2) is 37.8 Å². The normalized spacial score (nSPS) is 16.0. The lowest BCUT2D eigenvalue weighted by molar-refractivity contribution is 0.412. The number of phenols is 1. The van der Waals surface area contributed by atoms with Crippen molar-refractivity contribution in [3.63, 3.8) is 0 Å². The van der Waals surface area contributed by atoms with Crippen molar-refractivity contribution >= 4 is 16.5 Å². The summed E-state index contributed by atoms with van der Waals surface area (Å²) in [7, 11) is 0. The molecule has 3 aromatic rings. The molecule has 0 saturated heterocycles. The zero-order valence-electron chi connectivity index (χ0n) is 17.0. The van der Waals surface area contributed by atoms with Gasteiger partial charge in [-0.2, -0.15) is 0 Å². The molecule has 0 unspecified atom stereocenters. The lowest BCUT2D eigenvalue weighted by Crippen LogP contribution is -2.33. The second kappa shape index (κ2) is 7.48. The van der Waals surface area contributed by atoms with Gasteiger partial charge in [0.15, 0.2) is 5.58 Å². The van der Waals surface area contributed by atoms with Crippen molar-refractivity contribution in [3.05, 3.63) is 69.7 Å². The molecule has 0 fully saturated rings. The smallest absolute Gasteiger partial charge is 0.256 e. The SMILES string of the molecule is Cc1nc2n(c(=O)c1CCN1C=CC(c3noc4cc(O)ccc34)=CC1)CCCC2. The number of benzene rings is 1. The van der Waals surface area contributed by atoms with Gasteiger partial charge in [0, 0.05) is 60.5 Å². The van der Waals surface area contributed by atoms with Gasteiger partial charge in [-0.3, -0.25) is 9.36 Å². The molecule has 2 aliphatic heterocycles. The second-order valence-corrected chi connectivity index (χ2v) is 7.94. The van der Waals surface area contributed by atoms with Crippen molar-refractivity contribution in [2.24, 2.45) is 0 Å². The van der Waals surface area contributed by atoms with Crippen LogP contribution in [0, 0.1) is 6.92 Å². The fourth-order valence-electron chi connectivity index (χ4n) is 4.28. The molecule has 1 aromatic carbocycles. The summed E-state index contributed by atoms with van der Waals surface area (Å²) in [5.41, 5.74) is 4.15. The zero-order valence-corrected chi connectivity index (χ0v) is 17.0. The number of aromatic nitrogens is 3. The molecule has 1 N–H and O–H groups in total. The molecule has 2 aliphatic rings. The molecule has 4 heterocycles. The monoisotopic (exact) mass is 404 g/mol. The average molecular weight is 404 g/mol. The van der Waals surface area contributed by atoms with E-state index in [1.807, 2.05) is 29.8 Å². The molecular weight excluding hydrogens is 380 g/mol. The lowest BCUT2D eigenvalue weighted by atomic mass is 10.1. The van der Waals surface area contributed by atoms with Gasteiger partial charge in [-0.25, -0.2) is 4.98 Å². The van der Waals surface area contributed by atoms with Crippen LogP contribution in [0.4, 0.5) is 0 Å². The minimum atomic E-state index is 0.131. The molecule has 154 valence electrons. The third-order valence-corrected chi connectivity index (χ3v) is 5.97. The van der Waals surface area contributed by atoms with Crippen LogP contribution in [0.3, 0.4) is 0 Å². The summed E-state index contributed by atoms with van der Waals surface area (Å²) in [6.07, 6.45) is 9.89. The third kappa shape index (κ3) is 3.30. The van der Waals surface area contributed by atoms with Crippen molar-refractivity contribution in [1.82, 2.24) is 19.6 Å². The van der Waals surface area contributed by atoms with Crippen molar-refractivity contribution < 1.29 is 9.63 Å². The van der Waals surface area contributed by atoms with Crippen molar-refractivity contribution in [2.75, 3.05) is 13.1 Å². The zero-order chi connectivity index (χ0) is 20.7. The number of allylic oxidation sites excluding steroid dienone is 2. The summed E-state index contributed by atoms with van der Waals surface area (Å²) in [5, 5.41) is 14.6. The van der Waals surface area contributed by atoms with Crippen LogP contribution in [0.5, 0.6) is 5.75 Å². The number of fused-ring (bicyclic) bond motifs is 2. The summed E-state index contributed by atoms with van der Waals surface area (Å²) < 4.78 is 7.21. The molecule has 0 radical (unpaired) electrons. The molecule has 0 aliphatic carbocycles. The number of rotatable bonds is 4. The Kier molecular flexibility index (Phi) is 4.65. The Morgan fingerprint density at radius 3 is 3.00 bits per heavy atom. The van der Waals surface area contributed by atoms with Crippen molar-refractivity contribution in [2.45, 2.75) is 39.2 Å². The van der Waals surface area contributed by atoms with E-state index in [1.54, 1.807) is 12.1 Å². The summed E-state index contributed by atoms with van der Waals surface area (Å²) in [4.78, 5) is 19.8. The predicted octanol–water partition coefficient (Wildman–Crippen LogP) is 3.19. The Bertz CT molecular complexity index is 1240. The van der Waals surface area contributed by atoms with Gasteiger partial charge in [0.25, 0.3) is 5.56 Å². The predicted molar refractivity (Wildman–Crippen MR) is 114 cm³/mol. The Labute approximate surface area is 173 Å². The van der Waals surface area contributed by atoms with E-state index in [1.165, 1.54) is 0 Å². The van der Waals surface area contributed by atoms with Crippen LogP contribution < -0.4 is 5.56 Å². The van der Waals surface area contributed by atoms with E-state index in [-0.39, 0.29) is 11.3 Å². The first-order chi connectivity index (χ1) is 14.6. The van der Waals surface area contributed by atoms with E-state index >= 15 is 0 Å². The maximum Gasteiger partial charge on any atom is 0.256 e. The highest BCUT2D eigenvalue weighted by Gasteiger charge is 2.18. The maximum atomic E-state index is 12.9. The van der Waals surface area contributed by atoms with E-state index in [4.69, 9.17) is 9.51 Å². The molecule has 7 heteroatoms. The molecule has 0 atom stereocenters. The topological polar surface area (TPSA) is 84.4 Å². The van der Waals surface area contributed by atoms with Crippen molar-refractivity contribution in [1.29, 1.82) is 0 Å². The number of hydrogen-bond acceptors (Lipinski definition) is 6. The van der Waals surface area contributed by atoms with Crippen LogP contribution in [-0.2, 0) is 19.4 Å². The van der Waals surface area contributed by atoms with E-state index in [0.29, 0.717) is 12.0 Å². The molecule has 0 spiro atoms. The minimum Gasteiger partial charge on any atom is -0.508 e. The maximum absolute atomic E-state index is 12.9. The Hall–Kier alpha value is -3.35. The van der Waals surface area contributed by atoms with Gasteiger partial charge in [-0.1, -0.05) is 11.2 Å². The number of phenolic OH excluding ortho intramolecular Hbond substituents is 1. The summed E-state index contributed by atoms with van der Waals surface area (Å²) >= 11 is 0. The minimum absolute atomic E-state index is 0.131. The first-order valence-electron chi connectivity index (χ1n) is 10.4. The second-order valence-electron chi connectivity index (χ2n) is 7.94. The van der Waals surface area contributed by atoms with Gasteiger partial charge in [0.05, 0.1) is 0 Å². The average Bonchev–Trinajstić information content (AvgIpc) is 3.17. The first-order valence-corrected chi connectivity index (χ1v) is 10.4. The lowest BCUT2D eigenvalue weighted by Gasteiger charge is -2.23. The van der Waals surface area contributed by atoms with E-state index in [0.717, 1.165) is 72.6 Å². The van der Waals surface area contributed by atoms with Crippen LogP contribution >= 0.6 is 0 Å². The van der Waals surface area contributed by atoms with E-state index < -0.39 is 0 Å². The Morgan fingerprint density at radius 2 is 2.17 bits per heavy atom. The number of nitrogens with zero attached hydrogens (tertiary/aromatic N) is 4. The highest BCUT2D eigenvalue weighted by Crippen LogP contribution is 2.29. The molecule has 30 heavy (non-hydrogen) atoms. The quantitative estimate of drug-likeness (QED) is 0.719. The largest absolute Gasteiger partial charge is 0.508 e. The molecule has 5 rings (SSSR count). The van der Waals surface area contributed by atoms with Crippen LogP contribution in [0.25, 0.3) is 16.5 Å². The fraction of sp³-hybridized carbons (Fsp3) is 0.348. The summed E-state index contributed by atoms with van der Waals surface area (Å²) in [6, 6.07) is 5.02. The standard InChI is InChI=1S/C23H24N4O3/c1-15-18(23(29)27-10-3-2-4-21(27)24-15)9-13-26-11-7-16(8-12-26)22-19-6-5-17(28)14-20(19)30-25-22/h5-8,11,14,28H,2-4,9-10,12-13H2,1H3. The summed E-state index contributed by atoms with van der Waals surface area (Å²) in [6.45, 7) is 4.22. The van der Waals surface area contributed by atoms with E-state index in [9.17, 15) is 9.90 Å². The van der Waals surface area contributed by atoms with Crippen LogP contribution in [0.1, 0.15) is 35.6 Å². The van der Waals surface area contributed by atoms with Gasteiger partial charge in [-0.05, 0) is 44.4 Å². The van der Waals surface area contributed by atoms with Gasteiger partial charge in [0.1, 0.15) is 17.3 Å². The highest BCUT2D eigenvalue weighted by molar-refractivity contribution is 5.92. The molecule has 0 amide bonds. The summed E-state index contributed by atoms with van der Waals surface area (Å²) in [5.74, 6) is 1.10. The number of hydrogen-bond donors (Lipinski definition) is 1. The van der Waals surface area contributed by atoms with Gasteiger partial charge in [0.2, 0.25) is 0 Å². The first kappa shape index (κ1) is 18.7. The van der Waals surface area contributed by atoms with Crippen LogP contribution in [0.15, 0.2) is 45.9 Å². The van der Waals surface area contributed by atoms with Gasteiger partial charge < -0.3 is 14.5 Å². The van der Waals surface area contributed by atoms with Gasteiger partial charge in [-0.15, -0.1) is 0 Å². The Morgan fingerprint density at radius 1 is 1.27 bits per heavy atom.